The maximum atomic E-state index is 5.37. The van der Waals surface area contributed by atoms with Gasteiger partial charge in [-0.3, -0.25) is 10.1 Å². The van der Waals surface area contributed by atoms with E-state index in [-0.39, 0.29) is 0 Å². The molecule has 0 spiro atoms. The van der Waals surface area contributed by atoms with E-state index in [0.717, 1.165) is 25.1 Å². The molecule has 0 unspecified atom stereocenters. The Labute approximate surface area is 95.9 Å². The number of aromatic nitrogens is 2. The minimum atomic E-state index is 0.565. The SMILES string of the molecule is CCCCNC(=NCc1ccnn1C)NN. The first-order valence-corrected chi connectivity index (χ1v) is 5.49. The zero-order chi connectivity index (χ0) is 11.8. The van der Waals surface area contributed by atoms with Gasteiger partial charge in [0.05, 0.1) is 12.2 Å². The molecule has 4 N–H and O–H groups in total. The first-order chi connectivity index (χ1) is 7.77. The molecule has 0 aromatic carbocycles. The summed E-state index contributed by atoms with van der Waals surface area (Å²) >= 11 is 0. The lowest BCUT2D eigenvalue weighted by Gasteiger charge is -2.08. The quantitative estimate of drug-likeness (QED) is 0.218. The van der Waals surface area contributed by atoms with E-state index in [2.05, 4.69) is 27.8 Å². The summed E-state index contributed by atoms with van der Waals surface area (Å²) in [7, 11) is 1.89. The molecule has 0 radical (unpaired) electrons. The molecule has 0 aliphatic carbocycles. The van der Waals surface area contributed by atoms with Gasteiger partial charge in [-0.2, -0.15) is 5.10 Å². The van der Waals surface area contributed by atoms with Gasteiger partial charge in [-0.05, 0) is 12.5 Å². The number of hydrogen-bond acceptors (Lipinski definition) is 3. The van der Waals surface area contributed by atoms with Gasteiger partial charge >= 0.3 is 0 Å². The summed E-state index contributed by atoms with van der Waals surface area (Å²) in [6, 6.07) is 1.93. The van der Waals surface area contributed by atoms with Crippen LogP contribution in [0.4, 0.5) is 0 Å². The predicted octanol–water partition coefficient (Wildman–Crippen LogP) is 0.129. The molecule has 1 aromatic rings. The van der Waals surface area contributed by atoms with Crippen LogP contribution in [0.25, 0.3) is 0 Å². The van der Waals surface area contributed by atoms with E-state index in [1.165, 1.54) is 0 Å². The number of nitrogens with one attached hydrogen (secondary N) is 2. The van der Waals surface area contributed by atoms with Crippen molar-refractivity contribution < 1.29 is 0 Å². The number of aryl methyl sites for hydroxylation is 1. The van der Waals surface area contributed by atoms with Gasteiger partial charge in [0.1, 0.15) is 0 Å². The van der Waals surface area contributed by atoms with Crippen molar-refractivity contribution in [2.75, 3.05) is 6.54 Å². The Balaban J connectivity index is 2.43. The van der Waals surface area contributed by atoms with Crippen molar-refractivity contribution in [3.8, 4) is 0 Å². The van der Waals surface area contributed by atoms with Crippen molar-refractivity contribution in [2.24, 2.45) is 17.9 Å². The molecule has 1 heterocycles. The summed E-state index contributed by atoms with van der Waals surface area (Å²) in [5.41, 5.74) is 3.60. The molecule has 90 valence electrons. The maximum Gasteiger partial charge on any atom is 0.206 e. The fourth-order valence-corrected chi connectivity index (χ4v) is 1.25. The summed E-state index contributed by atoms with van der Waals surface area (Å²) in [6.45, 7) is 3.59. The lowest BCUT2D eigenvalue weighted by atomic mass is 10.3. The first-order valence-electron chi connectivity index (χ1n) is 5.49. The van der Waals surface area contributed by atoms with E-state index >= 15 is 0 Å². The van der Waals surface area contributed by atoms with Gasteiger partial charge in [0.2, 0.25) is 5.96 Å². The van der Waals surface area contributed by atoms with Crippen LogP contribution >= 0.6 is 0 Å². The van der Waals surface area contributed by atoms with Crippen LogP contribution in [0.1, 0.15) is 25.5 Å². The van der Waals surface area contributed by atoms with Crippen LogP contribution in [0.2, 0.25) is 0 Å². The first kappa shape index (κ1) is 12.5. The molecule has 0 aliphatic rings. The highest BCUT2D eigenvalue weighted by Crippen LogP contribution is 1.97. The summed E-state index contributed by atoms with van der Waals surface area (Å²) in [4.78, 5) is 4.33. The molecule has 6 nitrogen and oxygen atoms in total. The molecule has 16 heavy (non-hydrogen) atoms. The average molecular weight is 224 g/mol. The van der Waals surface area contributed by atoms with Gasteiger partial charge in [0, 0.05) is 19.8 Å². The van der Waals surface area contributed by atoms with Crippen molar-refractivity contribution in [1.29, 1.82) is 0 Å². The molecule has 1 rings (SSSR count). The minimum Gasteiger partial charge on any atom is -0.355 e. The second-order valence-corrected chi connectivity index (χ2v) is 3.54. The summed E-state index contributed by atoms with van der Waals surface area (Å²) < 4.78 is 1.80. The number of rotatable bonds is 5. The van der Waals surface area contributed by atoms with Crippen LogP contribution < -0.4 is 16.6 Å². The van der Waals surface area contributed by atoms with Crippen molar-refractivity contribution in [3.63, 3.8) is 0 Å². The predicted molar refractivity (Wildman–Crippen MR) is 64.6 cm³/mol. The highest BCUT2D eigenvalue weighted by molar-refractivity contribution is 5.79. The largest absolute Gasteiger partial charge is 0.355 e. The van der Waals surface area contributed by atoms with Crippen LogP contribution in [0.15, 0.2) is 17.3 Å². The molecule has 1 aromatic heterocycles. The highest BCUT2D eigenvalue weighted by Gasteiger charge is 1.98. The number of hydrogen-bond donors (Lipinski definition) is 3. The normalized spacial score (nSPS) is 11.6. The van der Waals surface area contributed by atoms with Gasteiger partial charge in [0.25, 0.3) is 0 Å². The lowest BCUT2D eigenvalue weighted by molar-refractivity contribution is 0.701. The standard InChI is InChI=1S/C10H20N6/c1-3-4-6-12-10(15-11)13-8-9-5-7-14-16(9)2/h5,7H,3-4,6,8,11H2,1-2H3,(H2,12,13,15). The van der Waals surface area contributed by atoms with Crippen molar-refractivity contribution >= 4 is 5.96 Å². The lowest BCUT2D eigenvalue weighted by Crippen LogP contribution is -2.42. The molecule has 0 saturated heterocycles. The molecule has 0 fully saturated rings. The van der Waals surface area contributed by atoms with E-state index in [1.54, 1.807) is 10.9 Å². The van der Waals surface area contributed by atoms with Crippen LogP contribution in [0, 0.1) is 0 Å². The number of hydrazine groups is 1. The Morgan fingerprint density at radius 2 is 2.44 bits per heavy atom. The molecule has 0 saturated carbocycles. The van der Waals surface area contributed by atoms with Crippen molar-refractivity contribution in [1.82, 2.24) is 20.5 Å². The topological polar surface area (TPSA) is 80.3 Å². The van der Waals surface area contributed by atoms with Crippen molar-refractivity contribution in [3.05, 3.63) is 18.0 Å². The Kier molecular flexibility index (Phi) is 5.35. The summed E-state index contributed by atoms with van der Waals surface area (Å²) in [5.74, 6) is 5.99. The summed E-state index contributed by atoms with van der Waals surface area (Å²) in [5, 5.41) is 7.21. The van der Waals surface area contributed by atoms with E-state index in [4.69, 9.17) is 5.84 Å². The number of unbranched alkanes of at least 4 members (excludes halogenated alkanes) is 1. The van der Waals surface area contributed by atoms with Crippen LogP contribution in [0.5, 0.6) is 0 Å². The third-order valence-corrected chi connectivity index (χ3v) is 2.28. The van der Waals surface area contributed by atoms with Crippen LogP contribution in [-0.4, -0.2) is 22.3 Å². The van der Waals surface area contributed by atoms with Gasteiger partial charge < -0.3 is 5.32 Å². The summed E-state index contributed by atoms with van der Waals surface area (Å²) in [6.07, 6.45) is 4.00. The van der Waals surface area contributed by atoms with Crippen LogP contribution in [-0.2, 0) is 13.6 Å². The molecule has 0 bridgehead atoms. The Hall–Kier alpha value is -1.56. The third kappa shape index (κ3) is 3.90. The Morgan fingerprint density at radius 3 is 3.00 bits per heavy atom. The molecule has 0 aliphatic heterocycles. The van der Waals surface area contributed by atoms with E-state index in [0.29, 0.717) is 12.5 Å². The average Bonchev–Trinajstić information content (AvgIpc) is 2.69. The smallest absolute Gasteiger partial charge is 0.206 e. The van der Waals surface area contributed by atoms with Gasteiger partial charge in [0.15, 0.2) is 0 Å². The van der Waals surface area contributed by atoms with Crippen LogP contribution in [0.3, 0.4) is 0 Å². The van der Waals surface area contributed by atoms with Gasteiger partial charge in [-0.25, -0.2) is 10.8 Å². The minimum absolute atomic E-state index is 0.565. The molecule has 0 amide bonds. The molecule has 0 atom stereocenters. The highest BCUT2D eigenvalue weighted by atomic mass is 15.3. The van der Waals surface area contributed by atoms with Gasteiger partial charge in [-0.1, -0.05) is 13.3 Å². The van der Waals surface area contributed by atoms with E-state index < -0.39 is 0 Å². The van der Waals surface area contributed by atoms with Crippen molar-refractivity contribution in [2.45, 2.75) is 26.3 Å². The third-order valence-electron chi connectivity index (χ3n) is 2.28. The molecular formula is C10H20N6. The number of nitrogens with zero attached hydrogens (tertiary/aromatic N) is 3. The molecular weight excluding hydrogens is 204 g/mol. The fraction of sp³-hybridized carbons (Fsp3) is 0.600. The second kappa shape index (κ2) is 6.84. The maximum absolute atomic E-state index is 5.37. The van der Waals surface area contributed by atoms with E-state index in [9.17, 15) is 0 Å². The van der Waals surface area contributed by atoms with Gasteiger partial charge in [-0.15, -0.1) is 0 Å². The number of guanidine groups is 1. The zero-order valence-corrected chi connectivity index (χ0v) is 9.90. The Morgan fingerprint density at radius 1 is 1.62 bits per heavy atom. The second-order valence-electron chi connectivity index (χ2n) is 3.54. The fourth-order valence-electron chi connectivity index (χ4n) is 1.25. The van der Waals surface area contributed by atoms with E-state index in [1.807, 2.05) is 13.1 Å². The number of aliphatic imine (C=N–C) groups is 1. The molecule has 6 heteroatoms. The Bertz CT molecular complexity index is 330. The number of nitrogens with two attached hydrogens (primary N) is 1. The zero-order valence-electron chi connectivity index (χ0n) is 9.90. The monoisotopic (exact) mass is 224 g/mol.